The van der Waals surface area contributed by atoms with Crippen molar-refractivity contribution in [1.29, 1.82) is 0 Å². The van der Waals surface area contributed by atoms with Gasteiger partial charge in [0.1, 0.15) is 5.82 Å². The second kappa shape index (κ2) is 4.96. The van der Waals surface area contributed by atoms with Crippen molar-refractivity contribution in [2.24, 2.45) is 0 Å². The minimum atomic E-state index is -2.95. The topological polar surface area (TPSA) is 39.2 Å². The van der Waals surface area contributed by atoms with Crippen molar-refractivity contribution in [2.75, 3.05) is 7.11 Å². The third-order valence-corrected chi connectivity index (χ3v) is 2.14. The molecule has 1 aromatic rings. The zero-order valence-corrected chi connectivity index (χ0v) is 8.76. The fourth-order valence-corrected chi connectivity index (χ4v) is 1.21. The molecule has 0 spiro atoms. The lowest BCUT2D eigenvalue weighted by molar-refractivity contribution is -0.139. The van der Waals surface area contributed by atoms with Gasteiger partial charge in [0.25, 0.3) is 6.43 Å². The molecule has 0 radical (unpaired) electrons. The monoisotopic (exact) mass is 233 g/mol. The van der Waals surface area contributed by atoms with Crippen molar-refractivity contribution in [3.8, 4) is 0 Å². The fourth-order valence-electron chi connectivity index (χ4n) is 1.21. The quantitative estimate of drug-likeness (QED) is 0.751. The van der Waals surface area contributed by atoms with E-state index in [4.69, 9.17) is 0 Å². The van der Waals surface area contributed by atoms with E-state index >= 15 is 0 Å². The molecule has 0 saturated heterocycles. The van der Waals surface area contributed by atoms with Crippen LogP contribution in [-0.2, 0) is 16.0 Å². The molecule has 3 nitrogen and oxygen atoms in total. The van der Waals surface area contributed by atoms with Gasteiger partial charge in [-0.2, -0.15) is 0 Å². The smallest absolute Gasteiger partial charge is 0.310 e. The average molecular weight is 233 g/mol. The maximum Gasteiger partial charge on any atom is 0.310 e. The maximum atomic E-state index is 13.6. The highest BCUT2D eigenvalue weighted by Crippen LogP contribution is 2.25. The first kappa shape index (κ1) is 12.5. The number of methoxy groups -OCH3 is 1. The van der Waals surface area contributed by atoms with Crippen LogP contribution in [-0.4, -0.2) is 18.1 Å². The van der Waals surface area contributed by atoms with Crippen molar-refractivity contribution in [3.05, 3.63) is 28.8 Å². The van der Waals surface area contributed by atoms with Gasteiger partial charge in [0.05, 0.1) is 19.1 Å². The molecule has 0 bridgehead atoms. The highest BCUT2D eigenvalue weighted by molar-refractivity contribution is 5.72. The van der Waals surface area contributed by atoms with Crippen molar-refractivity contribution in [3.63, 3.8) is 0 Å². The van der Waals surface area contributed by atoms with E-state index in [-0.39, 0.29) is 11.3 Å². The summed E-state index contributed by atoms with van der Waals surface area (Å²) in [5.41, 5.74) is -0.749. The van der Waals surface area contributed by atoms with Crippen molar-refractivity contribution < 1.29 is 22.7 Å². The van der Waals surface area contributed by atoms with Gasteiger partial charge < -0.3 is 4.74 Å². The van der Waals surface area contributed by atoms with Gasteiger partial charge in [0.15, 0.2) is 0 Å². The minimum Gasteiger partial charge on any atom is -0.469 e. The number of aromatic nitrogens is 1. The van der Waals surface area contributed by atoms with Crippen LogP contribution < -0.4 is 0 Å². The molecule has 0 aliphatic carbocycles. The number of nitrogens with zero attached hydrogens (tertiary/aromatic N) is 1. The SMILES string of the molecule is COC(=O)Cc1c(C)ncc(C(F)F)c1F. The first-order valence-electron chi connectivity index (χ1n) is 4.46. The molecule has 0 fully saturated rings. The minimum absolute atomic E-state index is 0.148. The third kappa shape index (κ3) is 2.50. The number of esters is 1. The summed E-state index contributed by atoms with van der Waals surface area (Å²) >= 11 is 0. The van der Waals surface area contributed by atoms with Crippen LogP contribution in [0.2, 0.25) is 0 Å². The maximum absolute atomic E-state index is 13.6. The van der Waals surface area contributed by atoms with Crippen LogP contribution in [0.3, 0.4) is 0 Å². The number of hydrogen-bond acceptors (Lipinski definition) is 3. The highest BCUT2D eigenvalue weighted by atomic mass is 19.3. The van der Waals surface area contributed by atoms with Gasteiger partial charge in [-0.15, -0.1) is 0 Å². The molecule has 1 rings (SSSR count). The summed E-state index contributed by atoms with van der Waals surface area (Å²) in [6.07, 6.45) is -2.58. The van der Waals surface area contributed by atoms with Crippen LogP contribution in [0.25, 0.3) is 0 Å². The Hall–Kier alpha value is -1.59. The predicted molar refractivity (Wildman–Crippen MR) is 49.6 cm³/mol. The molecule has 0 atom stereocenters. The van der Waals surface area contributed by atoms with E-state index in [0.717, 1.165) is 13.3 Å². The summed E-state index contributed by atoms with van der Waals surface area (Å²) in [5, 5.41) is 0. The number of ether oxygens (including phenoxy) is 1. The molecule has 6 heteroatoms. The Kier molecular flexibility index (Phi) is 3.87. The predicted octanol–water partition coefficient (Wildman–Crippen LogP) is 2.18. The molecule has 88 valence electrons. The Bertz CT molecular complexity index is 407. The zero-order valence-electron chi connectivity index (χ0n) is 8.76. The zero-order chi connectivity index (χ0) is 12.3. The van der Waals surface area contributed by atoms with Crippen molar-refractivity contribution in [1.82, 2.24) is 4.98 Å². The van der Waals surface area contributed by atoms with Gasteiger partial charge in [0.2, 0.25) is 0 Å². The average Bonchev–Trinajstić information content (AvgIpc) is 2.23. The van der Waals surface area contributed by atoms with Crippen LogP contribution in [0.4, 0.5) is 13.2 Å². The molecule has 1 heterocycles. The molecule has 0 aromatic carbocycles. The van der Waals surface area contributed by atoms with Gasteiger partial charge >= 0.3 is 5.97 Å². The van der Waals surface area contributed by atoms with E-state index in [0.29, 0.717) is 0 Å². The Morgan fingerprint density at radius 2 is 2.19 bits per heavy atom. The number of carbonyl (C=O) groups is 1. The summed E-state index contributed by atoms with van der Waals surface area (Å²) in [4.78, 5) is 14.6. The van der Waals surface area contributed by atoms with E-state index in [1.54, 1.807) is 0 Å². The Morgan fingerprint density at radius 1 is 1.56 bits per heavy atom. The molecule has 16 heavy (non-hydrogen) atoms. The Morgan fingerprint density at radius 3 is 2.69 bits per heavy atom. The van der Waals surface area contributed by atoms with Crippen LogP contribution in [0.5, 0.6) is 0 Å². The summed E-state index contributed by atoms with van der Waals surface area (Å²) in [6.45, 7) is 1.44. The standard InChI is InChI=1S/C10H10F3NO2/c1-5-6(3-8(15)16-2)9(11)7(4-14-5)10(12)13/h4,10H,3H2,1-2H3. The molecule has 0 saturated carbocycles. The lowest BCUT2D eigenvalue weighted by Crippen LogP contribution is -2.10. The van der Waals surface area contributed by atoms with E-state index in [1.807, 2.05) is 0 Å². The highest BCUT2D eigenvalue weighted by Gasteiger charge is 2.20. The number of halogens is 3. The number of pyridine rings is 1. The number of aryl methyl sites for hydroxylation is 1. The third-order valence-electron chi connectivity index (χ3n) is 2.14. The first-order chi connectivity index (χ1) is 7.47. The molecule has 0 N–H and O–H groups in total. The van der Waals surface area contributed by atoms with Crippen molar-refractivity contribution >= 4 is 5.97 Å². The lowest BCUT2D eigenvalue weighted by atomic mass is 10.1. The molecule has 0 amide bonds. The van der Waals surface area contributed by atoms with E-state index in [9.17, 15) is 18.0 Å². The van der Waals surface area contributed by atoms with E-state index in [1.165, 1.54) is 6.92 Å². The normalized spacial score (nSPS) is 10.6. The summed E-state index contributed by atoms with van der Waals surface area (Å²) in [5.74, 6) is -1.79. The van der Waals surface area contributed by atoms with Gasteiger partial charge in [-0.1, -0.05) is 0 Å². The second-order valence-electron chi connectivity index (χ2n) is 3.15. The Balaban J connectivity index is 3.16. The number of hydrogen-bond donors (Lipinski definition) is 0. The summed E-state index contributed by atoms with van der Waals surface area (Å²) < 4.78 is 42.6. The van der Waals surface area contributed by atoms with E-state index in [2.05, 4.69) is 9.72 Å². The van der Waals surface area contributed by atoms with Crippen LogP contribution >= 0.6 is 0 Å². The summed E-state index contributed by atoms with van der Waals surface area (Å²) in [6, 6.07) is 0. The van der Waals surface area contributed by atoms with Crippen molar-refractivity contribution in [2.45, 2.75) is 19.8 Å². The molecular formula is C10H10F3NO2. The molecular weight excluding hydrogens is 223 g/mol. The molecule has 0 aliphatic rings. The first-order valence-corrected chi connectivity index (χ1v) is 4.46. The van der Waals surface area contributed by atoms with Crippen LogP contribution in [0, 0.1) is 12.7 Å². The molecule has 1 aromatic heterocycles. The number of carbonyl (C=O) groups excluding carboxylic acids is 1. The largest absolute Gasteiger partial charge is 0.469 e. The molecule has 0 aliphatic heterocycles. The number of rotatable bonds is 3. The second-order valence-corrected chi connectivity index (χ2v) is 3.15. The van der Waals surface area contributed by atoms with Crippen LogP contribution in [0.15, 0.2) is 6.20 Å². The van der Waals surface area contributed by atoms with Gasteiger partial charge in [0, 0.05) is 17.5 Å². The summed E-state index contributed by atoms with van der Waals surface area (Å²) in [7, 11) is 1.14. The van der Waals surface area contributed by atoms with Gasteiger partial charge in [-0.3, -0.25) is 9.78 Å². The van der Waals surface area contributed by atoms with Gasteiger partial charge in [-0.25, -0.2) is 13.2 Å². The van der Waals surface area contributed by atoms with Crippen LogP contribution in [0.1, 0.15) is 23.2 Å². The molecule has 0 unspecified atom stereocenters. The lowest BCUT2D eigenvalue weighted by Gasteiger charge is -2.09. The number of alkyl halides is 2. The van der Waals surface area contributed by atoms with E-state index < -0.39 is 30.2 Å². The fraction of sp³-hybridized carbons (Fsp3) is 0.400. The Labute approximate surface area is 90.2 Å². The van der Waals surface area contributed by atoms with Gasteiger partial charge in [-0.05, 0) is 6.92 Å².